The molecule has 0 unspecified atom stereocenters. The van der Waals surface area contributed by atoms with Crippen LogP contribution in [0.5, 0.6) is 5.75 Å². The predicted molar refractivity (Wildman–Crippen MR) is 53.2 cm³/mol. The molecule has 0 spiro atoms. The highest BCUT2D eigenvalue weighted by molar-refractivity contribution is 5.75. The third kappa shape index (κ3) is 2.67. The maximum absolute atomic E-state index is 12.4. The molecule has 0 fully saturated rings. The molecule has 9 heteroatoms. The van der Waals surface area contributed by atoms with Crippen molar-refractivity contribution in [1.82, 2.24) is 4.98 Å². The first-order valence-corrected chi connectivity index (χ1v) is 4.58. The second-order valence-corrected chi connectivity index (χ2v) is 3.18. The van der Waals surface area contributed by atoms with E-state index in [1.165, 1.54) is 0 Å². The number of pyridine rings is 1. The van der Waals surface area contributed by atoms with Crippen LogP contribution in [0, 0.1) is 10.1 Å². The van der Waals surface area contributed by atoms with Crippen molar-refractivity contribution in [1.29, 1.82) is 0 Å². The zero-order chi connectivity index (χ0) is 13.9. The van der Waals surface area contributed by atoms with Gasteiger partial charge < -0.3 is 9.84 Å². The van der Waals surface area contributed by atoms with Crippen LogP contribution in [-0.4, -0.2) is 28.1 Å². The van der Waals surface area contributed by atoms with E-state index in [9.17, 15) is 28.8 Å². The first-order valence-electron chi connectivity index (χ1n) is 4.58. The number of alkyl halides is 2. The molecule has 0 aliphatic rings. The summed E-state index contributed by atoms with van der Waals surface area (Å²) >= 11 is 0. The Morgan fingerprint density at radius 2 is 2.28 bits per heavy atom. The van der Waals surface area contributed by atoms with Gasteiger partial charge in [0, 0.05) is 6.20 Å². The van der Waals surface area contributed by atoms with Crippen LogP contribution < -0.4 is 0 Å². The molecule has 98 valence electrons. The molecule has 0 saturated heterocycles. The second-order valence-electron chi connectivity index (χ2n) is 3.18. The summed E-state index contributed by atoms with van der Waals surface area (Å²) in [6.45, 7) is 0. The number of carbonyl (C=O) groups excluding carboxylic acids is 1. The smallest absolute Gasteiger partial charge is 0.318 e. The van der Waals surface area contributed by atoms with E-state index >= 15 is 0 Å². The summed E-state index contributed by atoms with van der Waals surface area (Å²) < 4.78 is 29.1. The molecule has 0 aliphatic heterocycles. The number of rotatable bonds is 4. The lowest BCUT2D eigenvalue weighted by molar-refractivity contribution is -0.386. The van der Waals surface area contributed by atoms with Crippen LogP contribution in [0.1, 0.15) is 17.7 Å². The highest BCUT2D eigenvalue weighted by atomic mass is 19.3. The lowest BCUT2D eigenvalue weighted by Crippen LogP contribution is -2.08. The van der Waals surface area contributed by atoms with Crippen molar-refractivity contribution in [2.75, 3.05) is 7.11 Å². The topological polar surface area (TPSA) is 103 Å². The molecule has 0 atom stereocenters. The maximum atomic E-state index is 12.4. The fraction of sp³-hybridized carbons (Fsp3) is 0.333. The predicted octanol–water partition coefficient (Wildman–Crippen LogP) is 1.35. The van der Waals surface area contributed by atoms with Gasteiger partial charge in [-0.25, -0.2) is 8.78 Å². The van der Waals surface area contributed by atoms with Gasteiger partial charge in [0.25, 0.3) is 6.43 Å². The molecule has 0 radical (unpaired) electrons. The average Bonchev–Trinajstić information content (AvgIpc) is 2.27. The molecular formula is C9H8F2N2O5. The van der Waals surface area contributed by atoms with Gasteiger partial charge in [0.15, 0.2) is 5.69 Å². The summed E-state index contributed by atoms with van der Waals surface area (Å²) in [4.78, 5) is 23.8. The molecule has 1 N–H and O–H groups in total. The molecule has 1 heterocycles. The Bertz CT molecular complexity index is 492. The van der Waals surface area contributed by atoms with Crippen LogP contribution in [0.3, 0.4) is 0 Å². The van der Waals surface area contributed by atoms with Gasteiger partial charge in [0.1, 0.15) is 0 Å². The van der Waals surface area contributed by atoms with Gasteiger partial charge in [-0.05, 0) is 0 Å². The Hall–Kier alpha value is -2.32. The Morgan fingerprint density at radius 3 is 2.72 bits per heavy atom. The van der Waals surface area contributed by atoms with Gasteiger partial charge in [0.2, 0.25) is 5.75 Å². The first-order chi connectivity index (χ1) is 8.38. The number of ether oxygens (including phenoxy) is 1. The molecule has 0 bridgehead atoms. The van der Waals surface area contributed by atoms with Gasteiger partial charge in [-0.3, -0.25) is 19.9 Å². The Morgan fingerprint density at radius 1 is 1.67 bits per heavy atom. The Labute approximate surface area is 99.2 Å². The Kier molecular flexibility index (Phi) is 4.08. The minimum absolute atomic E-state index is 0.297. The van der Waals surface area contributed by atoms with E-state index in [2.05, 4.69) is 9.72 Å². The van der Waals surface area contributed by atoms with E-state index in [0.29, 0.717) is 0 Å². The highest BCUT2D eigenvalue weighted by Crippen LogP contribution is 2.36. The monoisotopic (exact) mass is 262 g/mol. The number of hydrogen-bond donors (Lipinski definition) is 1. The average molecular weight is 262 g/mol. The molecule has 1 rings (SSSR count). The maximum Gasteiger partial charge on any atom is 0.318 e. The van der Waals surface area contributed by atoms with Crippen molar-refractivity contribution in [3.63, 3.8) is 0 Å². The summed E-state index contributed by atoms with van der Waals surface area (Å²) in [5, 5.41) is 20.1. The summed E-state index contributed by atoms with van der Waals surface area (Å²) in [6, 6.07) is 0. The molecule has 0 saturated carbocycles. The molecule has 0 amide bonds. The number of aromatic nitrogens is 1. The molecule has 0 aliphatic carbocycles. The summed E-state index contributed by atoms with van der Waals surface area (Å²) in [7, 11) is 1.06. The zero-order valence-electron chi connectivity index (χ0n) is 9.09. The van der Waals surface area contributed by atoms with E-state index in [1.54, 1.807) is 0 Å². The van der Waals surface area contributed by atoms with Crippen molar-refractivity contribution in [2.24, 2.45) is 0 Å². The largest absolute Gasteiger partial charge is 0.501 e. The van der Waals surface area contributed by atoms with Crippen molar-refractivity contribution in [3.8, 4) is 5.75 Å². The van der Waals surface area contributed by atoms with Crippen LogP contribution in [0.15, 0.2) is 6.20 Å². The quantitative estimate of drug-likeness (QED) is 0.499. The third-order valence-electron chi connectivity index (χ3n) is 2.08. The summed E-state index contributed by atoms with van der Waals surface area (Å²) in [5.74, 6) is -2.06. The highest BCUT2D eigenvalue weighted by Gasteiger charge is 2.29. The summed E-state index contributed by atoms with van der Waals surface area (Å²) in [6.07, 6.45) is -2.96. The molecule has 7 nitrogen and oxygen atoms in total. The minimum Gasteiger partial charge on any atom is -0.501 e. The van der Waals surface area contributed by atoms with Crippen LogP contribution >= 0.6 is 0 Å². The van der Waals surface area contributed by atoms with Gasteiger partial charge in [0.05, 0.1) is 24.0 Å². The Balaban J connectivity index is 3.32. The van der Waals surface area contributed by atoms with Gasteiger partial charge in [-0.15, -0.1) is 0 Å². The normalized spacial score (nSPS) is 10.4. The van der Waals surface area contributed by atoms with Crippen LogP contribution in [0.2, 0.25) is 0 Å². The fourth-order valence-corrected chi connectivity index (χ4v) is 1.26. The van der Waals surface area contributed by atoms with E-state index < -0.39 is 40.9 Å². The van der Waals surface area contributed by atoms with Crippen LogP contribution in [0.25, 0.3) is 0 Å². The number of methoxy groups -OCH3 is 1. The van der Waals surface area contributed by atoms with Crippen molar-refractivity contribution in [3.05, 3.63) is 27.6 Å². The van der Waals surface area contributed by atoms with Crippen molar-refractivity contribution < 1.29 is 28.3 Å². The zero-order valence-corrected chi connectivity index (χ0v) is 9.09. The number of nitro groups is 1. The first kappa shape index (κ1) is 13.7. The van der Waals surface area contributed by atoms with E-state index in [-0.39, 0.29) is 5.56 Å². The van der Waals surface area contributed by atoms with Crippen molar-refractivity contribution in [2.45, 2.75) is 12.8 Å². The molecule has 1 aromatic rings. The van der Waals surface area contributed by atoms with Crippen LogP contribution in [-0.2, 0) is 16.0 Å². The number of halogens is 2. The standard InChI is InChI=1S/C9H8F2N2O5/c1-18-5(14)2-4-3-12-6(9(10)11)8(15)7(4)13(16)17/h3,9,15H,2H2,1H3. The molecule has 18 heavy (non-hydrogen) atoms. The lowest BCUT2D eigenvalue weighted by atomic mass is 10.1. The van der Waals surface area contributed by atoms with E-state index in [4.69, 9.17) is 0 Å². The third-order valence-corrected chi connectivity index (χ3v) is 2.08. The van der Waals surface area contributed by atoms with Gasteiger partial charge in [-0.2, -0.15) is 0 Å². The number of nitrogens with zero attached hydrogens (tertiary/aromatic N) is 2. The molecule has 1 aromatic heterocycles. The van der Waals surface area contributed by atoms with Gasteiger partial charge in [-0.1, -0.05) is 0 Å². The molecular weight excluding hydrogens is 254 g/mol. The van der Waals surface area contributed by atoms with Crippen LogP contribution in [0.4, 0.5) is 14.5 Å². The number of carbonyl (C=O) groups is 1. The van der Waals surface area contributed by atoms with E-state index in [0.717, 1.165) is 13.3 Å². The minimum atomic E-state index is -3.16. The second kappa shape index (κ2) is 5.34. The number of aromatic hydroxyl groups is 1. The SMILES string of the molecule is COC(=O)Cc1cnc(C(F)F)c(O)c1[N+](=O)[O-]. The van der Waals surface area contributed by atoms with E-state index in [1.807, 2.05) is 0 Å². The van der Waals surface area contributed by atoms with Gasteiger partial charge >= 0.3 is 11.7 Å². The fourth-order valence-electron chi connectivity index (χ4n) is 1.26. The summed E-state index contributed by atoms with van der Waals surface area (Å²) in [5.41, 5.74) is -2.37. The van der Waals surface area contributed by atoms with Crippen molar-refractivity contribution >= 4 is 11.7 Å². The number of hydrogen-bond acceptors (Lipinski definition) is 6. The number of esters is 1. The molecule has 0 aromatic carbocycles. The lowest BCUT2D eigenvalue weighted by Gasteiger charge is -2.06.